The molecular formula is C12H28N2. The summed E-state index contributed by atoms with van der Waals surface area (Å²) in [4.78, 5) is 2.45. The van der Waals surface area contributed by atoms with Crippen molar-refractivity contribution in [3.8, 4) is 0 Å². The Labute approximate surface area is 90.1 Å². The summed E-state index contributed by atoms with van der Waals surface area (Å²) in [5.74, 6) is 0.784. The Balaban J connectivity index is 3.52. The molecule has 1 N–H and O–H groups in total. The Bertz CT molecular complexity index is 121. The molecule has 0 aromatic heterocycles. The summed E-state index contributed by atoms with van der Waals surface area (Å²) in [5.41, 5.74) is 0. The Morgan fingerprint density at radius 3 is 2.07 bits per heavy atom. The topological polar surface area (TPSA) is 15.3 Å². The highest BCUT2D eigenvalue weighted by Crippen LogP contribution is 2.05. The summed E-state index contributed by atoms with van der Waals surface area (Å²) >= 11 is 0. The van der Waals surface area contributed by atoms with E-state index in [-0.39, 0.29) is 0 Å². The SMILES string of the molecule is CC[C@H](C)[C@@H](C)NCCN(CC)CC. The molecule has 0 aromatic carbocycles. The molecule has 0 saturated heterocycles. The van der Waals surface area contributed by atoms with Gasteiger partial charge in [0.1, 0.15) is 0 Å². The second-order valence-corrected chi connectivity index (χ2v) is 4.16. The van der Waals surface area contributed by atoms with E-state index < -0.39 is 0 Å². The number of hydrogen-bond donors (Lipinski definition) is 1. The lowest BCUT2D eigenvalue weighted by Gasteiger charge is -2.23. The van der Waals surface area contributed by atoms with Crippen LogP contribution in [0.1, 0.15) is 41.0 Å². The number of nitrogens with one attached hydrogen (secondary N) is 1. The standard InChI is InChI=1S/C12H28N2/c1-6-11(4)12(5)13-9-10-14(7-2)8-3/h11-13H,6-10H2,1-5H3/t11-,12+/m0/s1. The fourth-order valence-electron chi connectivity index (χ4n) is 1.54. The molecule has 0 aromatic rings. The minimum absolute atomic E-state index is 0.649. The highest BCUT2D eigenvalue weighted by atomic mass is 15.1. The van der Waals surface area contributed by atoms with Gasteiger partial charge in [-0.3, -0.25) is 0 Å². The minimum Gasteiger partial charge on any atom is -0.313 e. The van der Waals surface area contributed by atoms with E-state index in [1.807, 2.05) is 0 Å². The van der Waals surface area contributed by atoms with Gasteiger partial charge in [0.2, 0.25) is 0 Å². The average Bonchev–Trinajstić information content (AvgIpc) is 2.22. The van der Waals surface area contributed by atoms with E-state index in [1.54, 1.807) is 0 Å². The molecule has 0 radical (unpaired) electrons. The van der Waals surface area contributed by atoms with Crippen molar-refractivity contribution < 1.29 is 0 Å². The highest BCUT2D eigenvalue weighted by Gasteiger charge is 2.08. The Hall–Kier alpha value is -0.0800. The largest absolute Gasteiger partial charge is 0.313 e. The fourth-order valence-corrected chi connectivity index (χ4v) is 1.54. The van der Waals surface area contributed by atoms with Crippen LogP contribution in [0.2, 0.25) is 0 Å². The molecule has 0 unspecified atom stereocenters. The zero-order valence-electron chi connectivity index (χ0n) is 10.6. The smallest absolute Gasteiger partial charge is 0.0107 e. The van der Waals surface area contributed by atoms with E-state index in [4.69, 9.17) is 0 Å². The molecule has 2 nitrogen and oxygen atoms in total. The first-order chi connectivity index (χ1) is 6.65. The van der Waals surface area contributed by atoms with Crippen LogP contribution in [0.25, 0.3) is 0 Å². The van der Waals surface area contributed by atoms with Gasteiger partial charge in [0, 0.05) is 19.1 Å². The molecule has 0 fully saturated rings. The Kier molecular flexibility index (Phi) is 8.20. The van der Waals surface area contributed by atoms with Crippen LogP contribution < -0.4 is 5.32 Å². The predicted molar refractivity (Wildman–Crippen MR) is 64.7 cm³/mol. The molecule has 0 heterocycles. The molecular weight excluding hydrogens is 172 g/mol. The van der Waals surface area contributed by atoms with Crippen molar-refractivity contribution in [1.82, 2.24) is 10.2 Å². The fraction of sp³-hybridized carbons (Fsp3) is 1.00. The molecule has 0 amide bonds. The lowest BCUT2D eigenvalue weighted by molar-refractivity contribution is 0.286. The van der Waals surface area contributed by atoms with E-state index in [2.05, 4.69) is 44.8 Å². The van der Waals surface area contributed by atoms with Crippen LogP contribution in [0, 0.1) is 5.92 Å². The first-order valence-corrected chi connectivity index (χ1v) is 6.11. The summed E-state index contributed by atoms with van der Waals surface area (Å²) in [5, 5.41) is 3.59. The lowest BCUT2D eigenvalue weighted by Crippen LogP contribution is -2.38. The van der Waals surface area contributed by atoms with Crippen LogP contribution in [-0.4, -0.2) is 37.1 Å². The molecule has 0 aliphatic heterocycles. The second kappa shape index (κ2) is 8.25. The van der Waals surface area contributed by atoms with Crippen LogP contribution >= 0.6 is 0 Å². The van der Waals surface area contributed by atoms with Gasteiger partial charge < -0.3 is 10.2 Å². The van der Waals surface area contributed by atoms with Gasteiger partial charge in [-0.2, -0.15) is 0 Å². The van der Waals surface area contributed by atoms with Gasteiger partial charge in [-0.15, -0.1) is 0 Å². The van der Waals surface area contributed by atoms with Crippen molar-refractivity contribution in [2.24, 2.45) is 5.92 Å². The number of hydrogen-bond acceptors (Lipinski definition) is 2. The Morgan fingerprint density at radius 1 is 1.07 bits per heavy atom. The van der Waals surface area contributed by atoms with E-state index >= 15 is 0 Å². The van der Waals surface area contributed by atoms with Gasteiger partial charge in [0.05, 0.1) is 0 Å². The van der Waals surface area contributed by atoms with Crippen molar-refractivity contribution in [3.63, 3.8) is 0 Å². The van der Waals surface area contributed by atoms with Crippen molar-refractivity contribution in [2.75, 3.05) is 26.2 Å². The minimum atomic E-state index is 0.649. The van der Waals surface area contributed by atoms with Crippen LogP contribution in [0.4, 0.5) is 0 Å². The zero-order valence-corrected chi connectivity index (χ0v) is 10.6. The molecule has 0 aliphatic carbocycles. The van der Waals surface area contributed by atoms with Crippen molar-refractivity contribution in [3.05, 3.63) is 0 Å². The molecule has 86 valence electrons. The lowest BCUT2D eigenvalue weighted by atomic mass is 10.0. The highest BCUT2D eigenvalue weighted by molar-refractivity contribution is 4.67. The van der Waals surface area contributed by atoms with Gasteiger partial charge in [-0.25, -0.2) is 0 Å². The molecule has 0 aliphatic rings. The molecule has 2 atom stereocenters. The third-order valence-electron chi connectivity index (χ3n) is 3.29. The second-order valence-electron chi connectivity index (χ2n) is 4.16. The van der Waals surface area contributed by atoms with Crippen molar-refractivity contribution in [1.29, 1.82) is 0 Å². The summed E-state index contributed by atoms with van der Waals surface area (Å²) < 4.78 is 0. The predicted octanol–water partition coefficient (Wildman–Crippen LogP) is 2.35. The van der Waals surface area contributed by atoms with Crippen molar-refractivity contribution in [2.45, 2.75) is 47.1 Å². The Morgan fingerprint density at radius 2 is 1.64 bits per heavy atom. The maximum absolute atomic E-state index is 3.59. The first-order valence-electron chi connectivity index (χ1n) is 6.11. The van der Waals surface area contributed by atoms with Crippen LogP contribution in [0.5, 0.6) is 0 Å². The summed E-state index contributed by atoms with van der Waals surface area (Å²) in [7, 11) is 0. The van der Waals surface area contributed by atoms with E-state index in [1.165, 1.54) is 13.0 Å². The number of nitrogens with zero attached hydrogens (tertiary/aromatic N) is 1. The van der Waals surface area contributed by atoms with Gasteiger partial charge in [0.15, 0.2) is 0 Å². The van der Waals surface area contributed by atoms with Crippen LogP contribution in [0.15, 0.2) is 0 Å². The monoisotopic (exact) mass is 200 g/mol. The molecule has 2 heteroatoms. The van der Waals surface area contributed by atoms with E-state index in [9.17, 15) is 0 Å². The van der Waals surface area contributed by atoms with Crippen molar-refractivity contribution >= 4 is 0 Å². The normalized spacial score (nSPS) is 15.9. The number of rotatable bonds is 8. The van der Waals surface area contributed by atoms with Gasteiger partial charge in [0.25, 0.3) is 0 Å². The molecule has 0 bridgehead atoms. The molecule has 0 saturated carbocycles. The zero-order chi connectivity index (χ0) is 11.0. The van der Waals surface area contributed by atoms with Gasteiger partial charge in [-0.1, -0.05) is 34.1 Å². The van der Waals surface area contributed by atoms with E-state index in [0.717, 1.165) is 25.6 Å². The average molecular weight is 200 g/mol. The summed E-state index contributed by atoms with van der Waals surface area (Å²) in [6.07, 6.45) is 1.26. The molecule has 14 heavy (non-hydrogen) atoms. The maximum Gasteiger partial charge on any atom is 0.0107 e. The molecule has 0 spiro atoms. The van der Waals surface area contributed by atoms with E-state index in [0.29, 0.717) is 6.04 Å². The quantitative estimate of drug-likeness (QED) is 0.647. The van der Waals surface area contributed by atoms with Crippen LogP contribution in [-0.2, 0) is 0 Å². The third kappa shape index (κ3) is 5.61. The summed E-state index contributed by atoms with van der Waals surface area (Å²) in [6, 6.07) is 0.649. The maximum atomic E-state index is 3.59. The third-order valence-corrected chi connectivity index (χ3v) is 3.29. The van der Waals surface area contributed by atoms with Gasteiger partial charge in [-0.05, 0) is 25.9 Å². The van der Waals surface area contributed by atoms with Gasteiger partial charge >= 0.3 is 0 Å². The first kappa shape index (κ1) is 13.9. The van der Waals surface area contributed by atoms with Crippen LogP contribution in [0.3, 0.4) is 0 Å². The molecule has 0 rings (SSSR count). The number of likely N-dealkylation sites (N-methyl/N-ethyl adjacent to an activating group) is 1. The summed E-state index contributed by atoms with van der Waals surface area (Å²) in [6.45, 7) is 15.9.